The molecule has 1 N–H and O–H groups in total. The Kier molecular flexibility index (Phi) is 4.36. The number of likely N-dealkylation sites (N-methyl/N-ethyl adjacent to an activating group) is 1. The summed E-state index contributed by atoms with van der Waals surface area (Å²) in [5.41, 5.74) is 0.748. The number of aliphatic imine (C=N–C) groups is 1. The van der Waals surface area contributed by atoms with Gasteiger partial charge in [0.05, 0.1) is 20.8 Å². The van der Waals surface area contributed by atoms with Gasteiger partial charge in [-0.15, -0.1) is 0 Å². The molecule has 11 heteroatoms. The average Bonchev–Trinajstić information content (AvgIpc) is 3.28. The topological polar surface area (TPSA) is 115 Å². The van der Waals surface area contributed by atoms with Gasteiger partial charge in [0.25, 0.3) is 5.91 Å². The highest BCUT2D eigenvalue weighted by Gasteiger charge is 2.56. The molecule has 0 radical (unpaired) electrons. The number of carboxylic acids is 1. The van der Waals surface area contributed by atoms with E-state index in [9.17, 15) is 14.4 Å². The third-order valence-corrected chi connectivity index (χ3v) is 5.17. The SMILES string of the molecule is COc1ccc(N2CC[N+]3=C2N=C2C3C(=O)N(CC(=O)O)C(=O)N2C)c(OC)c1. The Morgan fingerprint density at radius 1 is 1.31 bits per heavy atom. The van der Waals surface area contributed by atoms with E-state index >= 15 is 0 Å². The van der Waals surface area contributed by atoms with Crippen LogP contribution in [0.4, 0.5) is 10.5 Å². The Morgan fingerprint density at radius 2 is 2.07 bits per heavy atom. The van der Waals surface area contributed by atoms with Crippen LogP contribution in [-0.2, 0) is 9.59 Å². The van der Waals surface area contributed by atoms with Crippen molar-refractivity contribution < 1.29 is 33.5 Å². The quantitative estimate of drug-likeness (QED) is 0.670. The average molecular weight is 402 g/mol. The van der Waals surface area contributed by atoms with Crippen LogP contribution in [0.25, 0.3) is 0 Å². The molecule has 29 heavy (non-hydrogen) atoms. The minimum Gasteiger partial charge on any atom is -0.497 e. The smallest absolute Gasteiger partial charge is 0.397 e. The van der Waals surface area contributed by atoms with E-state index in [0.717, 1.165) is 10.6 Å². The van der Waals surface area contributed by atoms with E-state index in [2.05, 4.69) is 4.99 Å². The summed E-state index contributed by atoms with van der Waals surface area (Å²) in [6, 6.07) is 3.85. The molecule has 0 aromatic heterocycles. The second-order valence-corrected chi connectivity index (χ2v) is 6.72. The van der Waals surface area contributed by atoms with Crippen LogP contribution >= 0.6 is 0 Å². The second-order valence-electron chi connectivity index (χ2n) is 6.72. The lowest BCUT2D eigenvalue weighted by molar-refractivity contribution is -0.525. The standard InChI is InChI=1S/C18H19N5O6/c1-20-15-14(16(26)23(18(20)27)9-13(24)25)22-7-6-21(17(22)19-15)11-5-4-10(28-2)8-12(11)29-3/h4-5,8,14H,6-7,9H2,1-3H3/p+1. The van der Waals surface area contributed by atoms with Crippen LogP contribution in [0, 0.1) is 0 Å². The Morgan fingerprint density at radius 3 is 2.72 bits per heavy atom. The lowest BCUT2D eigenvalue weighted by Gasteiger charge is -2.32. The maximum Gasteiger partial charge on any atom is 0.397 e. The van der Waals surface area contributed by atoms with Crippen LogP contribution in [-0.4, -0.2) is 96.1 Å². The molecule has 0 bridgehead atoms. The first-order valence-corrected chi connectivity index (χ1v) is 8.90. The number of guanidine groups is 1. The third-order valence-electron chi connectivity index (χ3n) is 5.17. The molecule has 1 saturated heterocycles. The van der Waals surface area contributed by atoms with Gasteiger partial charge in [-0.2, -0.15) is 0 Å². The Bertz CT molecular complexity index is 987. The van der Waals surface area contributed by atoms with E-state index in [1.165, 1.54) is 11.9 Å². The number of carbonyl (C=O) groups excluding carboxylic acids is 2. The van der Waals surface area contributed by atoms with Crippen LogP contribution in [0.1, 0.15) is 0 Å². The summed E-state index contributed by atoms with van der Waals surface area (Å²) in [4.78, 5) is 44.9. The summed E-state index contributed by atoms with van der Waals surface area (Å²) in [5, 5.41) is 9.06. The Balaban J connectivity index is 1.73. The summed E-state index contributed by atoms with van der Waals surface area (Å²) in [5.74, 6) is 0.175. The molecule has 4 rings (SSSR count). The van der Waals surface area contributed by atoms with Crippen molar-refractivity contribution >= 4 is 35.4 Å². The molecule has 152 valence electrons. The zero-order chi connectivity index (χ0) is 20.9. The maximum absolute atomic E-state index is 12.9. The summed E-state index contributed by atoms with van der Waals surface area (Å²) < 4.78 is 12.5. The van der Waals surface area contributed by atoms with Crippen LogP contribution < -0.4 is 14.4 Å². The van der Waals surface area contributed by atoms with Gasteiger partial charge in [0, 0.05) is 13.1 Å². The normalized spacial score (nSPS) is 20.7. The minimum absolute atomic E-state index is 0.286. The van der Waals surface area contributed by atoms with Gasteiger partial charge in [0.15, 0.2) is 5.75 Å². The van der Waals surface area contributed by atoms with Crippen molar-refractivity contribution in [1.29, 1.82) is 0 Å². The van der Waals surface area contributed by atoms with Gasteiger partial charge >= 0.3 is 18.0 Å². The molecule has 3 aliphatic rings. The highest BCUT2D eigenvalue weighted by Crippen LogP contribution is 2.35. The summed E-state index contributed by atoms with van der Waals surface area (Å²) in [6.45, 7) is 0.344. The minimum atomic E-state index is -1.26. The van der Waals surface area contributed by atoms with E-state index in [1.54, 1.807) is 30.9 Å². The van der Waals surface area contributed by atoms with Crippen molar-refractivity contribution in [3.8, 4) is 11.5 Å². The van der Waals surface area contributed by atoms with Gasteiger partial charge in [-0.3, -0.25) is 14.5 Å². The number of rotatable bonds is 5. The number of benzene rings is 1. The number of amidine groups is 1. The highest BCUT2D eigenvalue weighted by molar-refractivity contribution is 6.24. The highest BCUT2D eigenvalue weighted by atomic mass is 16.5. The fourth-order valence-electron chi connectivity index (χ4n) is 3.77. The van der Waals surface area contributed by atoms with Crippen LogP contribution in [0.5, 0.6) is 11.5 Å². The number of hydrogen-bond acceptors (Lipinski definition) is 7. The Labute approximate surface area is 166 Å². The zero-order valence-electron chi connectivity index (χ0n) is 16.2. The molecule has 1 aromatic rings. The van der Waals surface area contributed by atoms with E-state index < -0.39 is 30.5 Å². The largest absolute Gasteiger partial charge is 0.497 e. The lowest BCUT2D eigenvalue weighted by Crippen LogP contribution is -2.63. The van der Waals surface area contributed by atoms with Crippen molar-refractivity contribution in [2.75, 3.05) is 45.8 Å². The van der Waals surface area contributed by atoms with Gasteiger partial charge in [0.2, 0.25) is 11.9 Å². The molecule has 1 unspecified atom stereocenters. The molecule has 1 aromatic carbocycles. The molecule has 0 aliphatic carbocycles. The zero-order valence-corrected chi connectivity index (χ0v) is 16.2. The summed E-state index contributed by atoms with van der Waals surface area (Å²) in [6.07, 6.45) is 0. The first-order chi connectivity index (χ1) is 13.9. The maximum atomic E-state index is 12.9. The number of hydrogen-bond donors (Lipinski definition) is 1. The van der Waals surface area contributed by atoms with E-state index in [4.69, 9.17) is 14.6 Å². The first kappa shape index (κ1) is 18.7. The number of urea groups is 1. The molecule has 1 fully saturated rings. The van der Waals surface area contributed by atoms with Gasteiger partial charge in [-0.1, -0.05) is 4.99 Å². The van der Waals surface area contributed by atoms with Crippen molar-refractivity contribution in [2.24, 2.45) is 4.99 Å². The van der Waals surface area contributed by atoms with Crippen LogP contribution in [0.2, 0.25) is 0 Å². The van der Waals surface area contributed by atoms with Gasteiger partial charge in [0.1, 0.15) is 24.5 Å². The fraction of sp³-hybridized carbons (Fsp3) is 0.389. The number of imide groups is 1. The molecular formula is C18H20N5O6+. The first-order valence-electron chi connectivity index (χ1n) is 8.90. The predicted molar refractivity (Wildman–Crippen MR) is 101 cm³/mol. The lowest BCUT2D eigenvalue weighted by atomic mass is 10.1. The summed E-state index contributed by atoms with van der Waals surface area (Å²) in [7, 11) is 4.60. The number of fused-ring (bicyclic) bond motifs is 2. The number of aliphatic carboxylic acids is 1. The second kappa shape index (κ2) is 6.76. The van der Waals surface area contributed by atoms with E-state index in [1.807, 2.05) is 11.0 Å². The van der Waals surface area contributed by atoms with Gasteiger partial charge < -0.3 is 14.6 Å². The third kappa shape index (κ3) is 2.77. The molecule has 3 aliphatic heterocycles. The van der Waals surface area contributed by atoms with E-state index in [-0.39, 0.29) is 5.84 Å². The molecule has 3 heterocycles. The molecular weight excluding hydrogens is 382 g/mol. The Hall–Kier alpha value is -3.63. The molecule has 11 nitrogen and oxygen atoms in total. The number of carbonyl (C=O) groups is 3. The van der Waals surface area contributed by atoms with Gasteiger partial charge in [-0.05, 0) is 12.1 Å². The van der Waals surface area contributed by atoms with Crippen molar-refractivity contribution in [3.05, 3.63) is 18.2 Å². The number of nitrogens with zero attached hydrogens (tertiary/aromatic N) is 5. The summed E-state index contributed by atoms with van der Waals surface area (Å²) >= 11 is 0. The molecule has 1 atom stereocenters. The van der Waals surface area contributed by atoms with Crippen LogP contribution in [0.15, 0.2) is 23.2 Å². The van der Waals surface area contributed by atoms with Crippen molar-refractivity contribution in [2.45, 2.75) is 6.04 Å². The molecule has 3 amide bonds. The number of anilines is 1. The number of ether oxygens (including phenoxy) is 2. The van der Waals surface area contributed by atoms with Crippen LogP contribution in [0.3, 0.4) is 0 Å². The van der Waals surface area contributed by atoms with Crippen molar-refractivity contribution in [3.63, 3.8) is 0 Å². The number of amides is 3. The number of methoxy groups -OCH3 is 2. The van der Waals surface area contributed by atoms with E-state index in [0.29, 0.717) is 30.5 Å². The monoisotopic (exact) mass is 402 g/mol. The molecule has 0 saturated carbocycles. The fourth-order valence-corrected chi connectivity index (χ4v) is 3.77. The van der Waals surface area contributed by atoms with Gasteiger partial charge in [-0.25, -0.2) is 19.2 Å². The van der Waals surface area contributed by atoms with Crippen molar-refractivity contribution in [1.82, 2.24) is 9.80 Å². The molecule has 0 spiro atoms. The predicted octanol–water partition coefficient (Wildman–Crippen LogP) is -0.348. The number of carboxylic acid groups (broad SMARTS) is 1.